The third-order valence-electron chi connectivity index (χ3n) is 2.97. The predicted octanol–water partition coefficient (Wildman–Crippen LogP) is 1.87. The van der Waals surface area contributed by atoms with Crippen LogP contribution in [0.4, 0.5) is 0 Å². The highest BCUT2D eigenvalue weighted by Crippen LogP contribution is 2.26. The first-order valence-electron chi connectivity index (χ1n) is 5.38. The van der Waals surface area contributed by atoms with E-state index in [4.69, 9.17) is 5.73 Å². The van der Waals surface area contributed by atoms with Crippen LogP contribution >= 0.6 is 11.8 Å². The predicted molar refractivity (Wildman–Crippen MR) is 62.8 cm³/mol. The molecular formula is C11H17N3S. The Morgan fingerprint density at radius 1 is 1.40 bits per heavy atom. The van der Waals surface area contributed by atoms with E-state index in [1.54, 1.807) is 11.8 Å². The second kappa shape index (κ2) is 4.94. The van der Waals surface area contributed by atoms with Crippen molar-refractivity contribution in [2.75, 3.05) is 6.26 Å². The largest absolute Gasteiger partial charge is 0.328 e. The molecule has 0 aliphatic heterocycles. The summed E-state index contributed by atoms with van der Waals surface area (Å²) in [4.78, 5) is 9.86. The number of aromatic nitrogens is 2. The highest BCUT2D eigenvalue weighted by atomic mass is 32.2. The average molecular weight is 223 g/mol. The number of hydrogen-bond donors (Lipinski definition) is 1. The van der Waals surface area contributed by atoms with Gasteiger partial charge < -0.3 is 5.73 Å². The first-order chi connectivity index (χ1) is 7.28. The smallest absolute Gasteiger partial charge is 0.128 e. The molecule has 1 aliphatic rings. The van der Waals surface area contributed by atoms with Gasteiger partial charge in [-0.1, -0.05) is 0 Å². The molecule has 1 aromatic heterocycles. The van der Waals surface area contributed by atoms with Gasteiger partial charge in [-0.2, -0.15) is 0 Å². The van der Waals surface area contributed by atoms with Gasteiger partial charge in [0.15, 0.2) is 0 Å². The molecule has 1 saturated carbocycles. The summed E-state index contributed by atoms with van der Waals surface area (Å²) in [5.74, 6) is 1.66. The molecule has 15 heavy (non-hydrogen) atoms. The lowest BCUT2D eigenvalue weighted by atomic mass is 10.0. The maximum atomic E-state index is 5.88. The van der Waals surface area contributed by atoms with Gasteiger partial charge >= 0.3 is 0 Å². The Bertz CT molecular complexity index is 312. The van der Waals surface area contributed by atoms with Crippen LogP contribution in [0.1, 0.15) is 25.1 Å². The molecule has 2 N–H and O–H groups in total. The van der Waals surface area contributed by atoms with Crippen LogP contribution in [0.2, 0.25) is 0 Å². The fourth-order valence-electron chi connectivity index (χ4n) is 2.11. The zero-order valence-corrected chi connectivity index (χ0v) is 9.83. The molecule has 4 heteroatoms. The van der Waals surface area contributed by atoms with Crippen molar-refractivity contribution in [2.24, 2.45) is 11.7 Å². The molecule has 0 bridgehead atoms. The second-order valence-electron chi connectivity index (χ2n) is 4.18. The van der Waals surface area contributed by atoms with E-state index in [1.807, 2.05) is 18.6 Å². The van der Waals surface area contributed by atoms with Crippen molar-refractivity contribution in [1.82, 2.24) is 9.97 Å². The van der Waals surface area contributed by atoms with Crippen LogP contribution in [0.25, 0.3) is 0 Å². The van der Waals surface area contributed by atoms with Gasteiger partial charge in [0.25, 0.3) is 0 Å². The minimum absolute atomic E-state index is 0.403. The summed E-state index contributed by atoms with van der Waals surface area (Å²) < 4.78 is 0. The average Bonchev–Trinajstić information content (AvgIpc) is 2.65. The van der Waals surface area contributed by atoms with Crippen molar-refractivity contribution in [3.63, 3.8) is 0 Å². The Morgan fingerprint density at radius 2 is 2.13 bits per heavy atom. The third-order valence-corrected chi connectivity index (χ3v) is 3.65. The molecule has 0 spiro atoms. The van der Waals surface area contributed by atoms with Crippen molar-refractivity contribution < 1.29 is 0 Å². The summed E-state index contributed by atoms with van der Waals surface area (Å²) in [5, 5.41) is 0. The Labute approximate surface area is 94.9 Å². The van der Waals surface area contributed by atoms with Gasteiger partial charge in [0.1, 0.15) is 5.82 Å². The lowest BCUT2D eigenvalue weighted by molar-refractivity contribution is 0.519. The van der Waals surface area contributed by atoms with Crippen molar-refractivity contribution in [1.29, 1.82) is 0 Å². The lowest BCUT2D eigenvalue weighted by Crippen LogP contribution is -2.15. The van der Waals surface area contributed by atoms with Crippen LogP contribution in [0.3, 0.4) is 0 Å². The molecule has 1 fully saturated rings. The Balaban J connectivity index is 1.93. The zero-order valence-electron chi connectivity index (χ0n) is 9.02. The molecule has 82 valence electrons. The minimum atomic E-state index is 0.403. The SMILES string of the molecule is CSc1cnc(C[C@H]2CC[C@H](N)C2)nc1. The van der Waals surface area contributed by atoms with Crippen molar-refractivity contribution in [2.45, 2.75) is 36.6 Å². The van der Waals surface area contributed by atoms with Crippen LogP contribution in [0.15, 0.2) is 17.3 Å². The Morgan fingerprint density at radius 3 is 2.67 bits per heavy atom. The molecule has 1 aromatic rings. The molecule has 0 aromatic carbocycles. The first kappa shape index (κ1) is 10.9. The van der Waals surface area contributed by atoms with Crippen molar-refractivity contribution in [3.05, 3.63) is 18.2 Å². The molecule has 3 nitrogen and oxygen atoms in total. The Hall–Kier alpha value is -0.610. The molecule has 2 atom stereocenters. The van der Waals surface area contributed by atoms with E-state index < -0.39 is 0 Å². The van der Waals surface area contributed by atoms with Gasteiger partial charge in [-0.25, -0.2) is 9.97 Å². The summed E-state index contributed by atoms with van der Waals surface area (Å²) in [5.41, 5.74) is 5.88. The van der Waals surface area contributed by atoms with Crippen LogP contribution in [-0.4, -0.2) is 22.3 Å². The van der Waals surface area contributed by atoms with Crippen LogP contribution in [0.5, 0.6) is 0 Å². The molecule has 0 saturated heterocycles. The summed E-state index contributed by atoms with van der Waals surface area (Å²) in [6, 6.07) is 0.403. The molecule has 1 heterocycles. The highest BCUT2D eigenvalue weighted by molar-refractivity contribution is 7.98. The molecule has 1 aliphatic carbocycles. The minimum Gasteiger partial charge on any atom is -0.328 e. The first-order valence-corrected chi connectivity index (χ1v) is 6.61. The topological polar surface area (TPSA) is 51.8 Å². The van der Waals surface area contributed by atoms with E-state index in [1.165, 1.54) is 6.42 Å². The molecule has 0 unspecified atom stereocenters. The van der Waals surface area contributed by atoms with Crippen LogP contribution in [-0.2, 0) is 6.42 Å². The van der Waals surface area contributed by atoms with E-state index in [2.05, 4.69) is 9.97 Å². The fraction of sp³-hybridized carbons (Fsp3) is 0.636. The fourth-order valence-corrected chi connectivity index (χ4v) is 2.43. The maximum Gasteiger partial charge on any atom is 0.128 e. The van der Waals surface area contributed by atoms with Crippen molar-refractivity contribution in [3.8, 4) is 0 Å². The summed E-state index contributed by atoms with van der Waals surface area (Å²) in [6.45, 7) is 0. The van der Waals surface area contributed by atoms with Crippen LogP contribution < -0.4 is 5.73 Å². The Kier molecular flexibility index (Phi) is 3.59. The maximum absolute atomic E-state index is 5.88. The number of rotatable bonds is 3. The van der Waals surface area contributed by atoms with E-state index in [-0.39, 0.29) is 0 Å². The number of nitrogens with zero attached hydrogens (tertiary/aromatic N) is 2. The van der Waals surface area contributed by atoms with E-state index >= 15 is 0 Å². The molecular weight excluding hydrogens is 206 g/mol. The number of hydrogen-bond acceptors (Lipinski definition) is 4. The monoisotopic (exact) mass is 223 g/mol. The van der Waals surface area contributed by atoms with E-state index in [0.29, 0.717) is 12.0 Å². The van der Waals surface area contributed by atoms with Gasteiger partial charge in [0.05, 0.1) is 0 Å². The van der Waals surface area contributed by atoms with Gasteiger partial charge in [0.2, 0.25) is 0 Å². The van der Waals surface area contributed by atoms with Gasteiger partial charge in [-0.15, -0.1) is 11.8 Å². The second-order valence-corrected chi connectivity index (χ2v) is 5.06. The van der Waals surface area contributed by atoms with Crippen LogP contribution in [0, 0.1) is 5.92 Å². The zero-order chi connectivity index (χ0) is 10.7. The standard InChI is InChI=1S/C11H17N3S/c1-15-10-6-13-11(14-7-10)5-8-2-3-9(12)4-8/h6-9H,2-5,12H2,1H3/t8-,9-/m0/s1. The molecule has 2 rings (SSSR count). The molecule has 0 amide bonds. The lowest BCUT2D eigenvalue weighted by Gasteiger charge is -2.07. The number of thioether (sulfide) groups is 1. The number of nitrogens with two attached hydrogens (primary N) is 1. The quantitative estimate of drug-likeness (QED) is 0.795. The summed E-state index contributed by atoms with van der Waals surface area (Å²) in [6.07, 6.45) is 10.4. The van der Waals surface area contributed by atoms with Gasteiger partial charge in [0, 0.05) is 29.8 Å². The van der Waals surface area contributed by atoms with E-state index in [9.17, 15) is 0 Å². The van der Waals surface area contributed by atoms with E-state index in [0.717, 1.165) is 30.0 Å². The van der Waals surface area contributed by atoms with Gasteiger partial charge in [-0.05, 0) is 31.4 Å². The highest BCUT2D eigenvalue weighted by Gasteiger charge is 2.22. The summed E-state index contributed by atoms with van der Waals surface area (Å²) >= 11 is 1.68. The third kappa shape index (κ3) is 2.92. The molecule has 0 radical (unpaired) electrons. The summed E-state index contributed by atoms with van der Waals surface area (Å²) in [7, 11) is 0. The van der Waals surface area contributed by atoms with Gasteiger partial charge in [-0.3, -0.25) is 0 Å². The normalized spacial score (nSPS) is 25.7. The van der Waals surface area contributed by atoms with Crippen molar-refractivity contribution >= 4 is 11.8 Å².